The van der Waals surface area contributed by atoms with Crippen LogP contribution < -0.4 is 5.73 Å². The molecule has 0 unspecified atom stereocenters. The van der Waals surface area contributed by atoms with E-state index in [-0.39, 0.29) is 0 Å². The van der Waals surface area contributed by atoms with Crippen molar-refractivity contribution in [2.45, 2.75) is 31.1 Å². The highest BCUT2D eigenvalue weighted by molar-refractivity contribution is 7.80. The smallest absolute Gasteiger partial charge is 0.0357 e. The van der Waals surface area contributed by atoms with Gasteiger partial charge in [-0.25, -0.2) is 0 Å². The van der Waals surface area contributed by atoms with Crippen LogP contribution >= 0.6 is 12.6 Å². The van der Waals surface area contributed by atoms with E-state index in [2.05, 4.69) is 19.6 Å². The first-order valence-corrected chi connectivity index (χ1v) is 4.76. The second-order valence-corrected chi connectivity index (χ2v) is 3.43. The van der Waals surface area contributed by atoms with E-state index in [9.17, 15) is 0 Å². The zero-order chi connectivity index (χ0) is 8.97. The Bertz CT molecular complexity index is 238. The highest BCUT2D eigenvalue weighted by Gasteiger charge is 2.01. The Labute approximate surface area is 79.4 Å². The molecule has 0 aliphatic carbocycles. The molecule has 1 nitrogen and oxygen atoms in total. The zero-order valence-electron chi connectivity index (χ0n) is 7.38. The van der Waals surface area contributed by atoms with Gasteiger partial charge < -0.3 is 5.73 Å². The highest BCUT2D eigenvalue weighted by atomic mass is 32.1. The molecule has 66 valence electrons. The molecule has 2 N–H and O–H groups in total. The van der Waals surface area contributed by atoms with Crippen LogP contribution in [0.3, 0.4) is 0 Å². The molecule has 1 aromatic rings. The Morgan fingerprint density at radius 2 is 2.17 bits per heavy atom. The van der Waals surface area contributed by atoms with E-state index in [1.807, 2.05) is 18.2 Å². The molecule has 0 aromatic heterocycles. The quantitative estimate of drug-likeness (QED) is 0.544. The molecule has 0 aliphatic rings. The van der Waals surface area contributed by atoms with Gasteiger partial charge in [0.2, 0.25) is 0 Å². The topological polar surface area (TPSA) is 26.0 Å². The van der Waals surface area contributed by atoms with Crippen LogP contribution in [0, 0.1) is 0 Å². The predicted molar refractivity (Wildman–Crippen MR) is 56.7 cm³/mol. The minimum atomic E-state index is 0.871. The average molecular weight is 181 g/mol. The van der Waals surface area contributed by atoms with Crippen molar-refractivity contribution < 1.29 is 0 Å². The first kappa shape index (κ1) is 9.46. The minimum absolute atomic E-state index is 0.871. The van der Waals surface area contributed by atoms with Gasteiger partial charge in [0.15, 0.2) is 0 Å². The lowest BCUT2D eigenvalue weighted by molar-refractivity contribution is 0.787. The van der Waals surface area contributed by atoms with Gasteiger partial charge in [-0.1, -0.05) is 19.4 Å². The molecule has 0 aliphatic heterocycles. The summed E-state index contributed by atoms with van der Waals surface area (Å²) in [6, 6.07) is 5.86. The van der Waals surface area contributed by atoms with E-state index in [0.29, 0.717) is 0 Å². The summed E-state index contributed by atoms with van der Waals surface area (Å²) in [5, 5.41) is 0. The number of thiol groups is 1. The summed E-state index contributed by atoms with van der Waals surface area (Å²) in [6.07, 6.45) is 3.42. The van der Waals surface area contributed by atoms with Crippen LogP contribution in [0.25, 0.3) is 0 Å². The number of nitrogen functional groups attached to an aromatic ring is 1. The molecule has 0 spiro atoms. The second-order valence-electron chi connectivity index (χ2n) is 2.95. The fourth-order valence-electron chi connectivity index (χ4n) is 1.22. The fourth-order valence-corrected chi connectivity index (χ4v) is 1.54. The van der Waals surface area contributed by atoms with Crippen LogP contribution in [0.5, 0.6) is 0 Å². The minimum Gasteiger partial charge on any atom is -0.398 e. The van der Waals surface area contributed by atoms with Crippen LogP contribution in [0.15, 0.2) is 23.1 Å². The van der Waals surface area contributed by atoms with Crippen molar-refractivity contribution in [2.75, 3.05) is 5.73 Å². The molecule has 0 bridgehead atoms. The van der Waals surface area contributed by atoms with Gasteiger partial charge in [0, 0.05) is 10.6 Å². The van der Waals surface area contributed by atoms with Gasteiger partial charge in [0.25, 0.3) is 0 Å². The lowest BCUT2D eigenvalue weighted by Gasteiger charge is -2.06. The molecule has 0 saturated heterocycles. The van der Waals surface area contributed by atoms with Crippen LogP contribution in [0.2, 0.25) is 0 Å². The van der Waals surface area contributed by atoms with Gasteiger partial charge in [0.05, 0.1) is 0 Å². The van der Waals surface area contributed by atoms with Crippen molar-refractivity contribution in [1.29, 1.82) is 0 Å². The third kappa shape index (κ3) is 2.18. The first-order chi connectivity index (χ1) is 5.75. The van der Waals surface area contributed by atoms with Gasteiger partial charge in [-0.15, -0.1) is 12.6 Å². The summed E-state index contributed by atoms with van der Waals surface area (Å²) >= 11 is 4.36. The Balaban J connectivity index is 2.81. The predicted octanol–water partition coefficient (Wildman–Crippen LogP) is 2.90. The SMILES string of the molecule is CCCCc1c(N)cccc1S. The summed E-state index contributed by atoms with van der Waals surface area (Å²) in [4.78, 5) is 1.02. The summed E-state index contributed by atoms with van der Waals surface area (Å²) in [5.74, 6) is 0. The molecule has 1 aromatic carbocycles. The molecule has 0 heterocycles. The molecule has 0 fully saturated rings. The number of hydrogen-bond acceptors (Lipinski definition) is 2. The van der Waals surface area contributed by atoms with Crippen molar-refractivity contribution in [1.82, 2.24) is 0 Å². The molecule has 12 heavy (non-hydrogen) atoms. The molecule has 0 saturated carbocycles. The maximum atomic E-state index is 5.81. The highest BCUT2D eigenvalue weighted by Crippen LogP contribution is 2.22. The van der Waals surface area contributed by atoms with Crippen LogP contribution in [0.4, 0.5) is 5.69 Å². The number of anilines is 1. The normalized spacial score (nSPS) is 10.2. The standard InChI is InChI=1S/C10H15NS/c1-2-3-5-8-9(11)6-4-7-10(8)12/h4,6-7,12H,2-3,5,11H2,1H3. The van der Waals surface area contributed by atoms with E-state index in [0.717, 1.165) is 17.0 Å². The largest absolute Gasteiger partial charge is 0.398 e. The second kappa shape index (κ2) is 4.41. The van der Waals surface area contributed by atoms with E-state index in [1.54, 1.807) is 0 Å². The molecule has 0 radical (unpaired) electrons. The maximum Gasteiger partial charge on any atom is 0.0357 e. The summed E-state index contributed by atoms with van der Waals surface area (Å²) in [6.45, 7) is 2.18. The molecular formula is C10H15NS. The van der Waals surface area contributed by atoms with Crippen LogP contribution in [-0.2, 0) is 6.42 Å². The lowest BCUT2D eigenvalue weighted by atomic mass is 10.1. The molecule has 0 atom stereocenters. The van der Waals surface area contributed by atoms with Crippen molar-refractivity contribution in [3.8, 4) is 0 Å². The monoisotopic (exact) mass is 181 g/mol. The Kier molecular flexibility index (Phi) is 3.48. The van der Waals surface area contributed by atoms with Gasteiger partial charge in [-0.05, 0) is 30.5 Å². The Morgan fingerprint density at radius 1 is 1.42 bits per heavy atom. The summed E-state index contributed by atoms with van der Waals surface area (Å²) in [5.41, 5.74) is 7.88. The number of unbranched alkanes of at least 4 members (excludes halogenated alkanes) is 1. The molecule has 1 rings (SSSR count). The van der Waals surface area contributed by atoms with Crippen molar-refractivity contribution in [3.63, 3.8) is 0 Å². The zero-order valence-corrected chi connectivity index (χ0v) is 8.27. The number of rotatable bonds is 3. The van der Waals surface area contributed by atoms with Crippen molar-refractivity contribution in [3.05, 3.63) is 23.8 Å². The van der Waals surface area contributed by atoms with Gasteiger partial charge >= 0.3 is 0 Å². The molecular weight excluding hydrogens is 166 g/mol. The first-order valence-electron chi connectivity index (χ1n) is 4.32. The van der Waals surface area contributed by atoms with Gasteiger partial charge in [-0.2, -0.15) is 0 Å². The average Bonchev–Trinajstić information content (AvgIpc) is 2.04. The van der Waals surface area contributed by atoms with E-state index >= 15 is 0 Å². The number of benzene rings is 1. The molecule has 0 amide bonds. The number of hydrogen-bond donors (Lipinski definition) is 2. The van der Waals surface area contributed by atoms with E-state index in [4.69, 9.17) is 5.73 Å². The van der Waals surface area contributed by atoms with Crippen LogP contribution in [0.1, 0.15) is 25.3 Å². The Morgan fingerprint density at radius 3 is 2.75 bits per heavy atom. The third-order valence-electron chi connectivity index (χ3n) is 1.97. The van der Waals surface area contributed by atoms with E-state index < -0.39 is 0 Å². The lowest BCUT2D eigenvalue weighted by Crippen LogP contribution is -1.95. The Hall–Kier alpha value is -0.630. The van der Waals surface area contributed by atoms with Crippen LogP contribution in [-0.4, -0.2) is 0 Å². The van der Waals surface area contributed by atoms with Crippen molar-refractivity contribution in [2.24, 2.45) is 0 Å². The molecule has 2 heteroatoms. The van der Waals surface area contributed by atoms with Gasteiger partial charge in [-0.3, -0.25) is 0 Å². The van der Waals surface area contributed by atoms with E-state index in [1.165, 1.54) is 18.4 Å². The maximum absolute atomic E-state index is 5.81. The summed E-state index contributed by atoms with van der Waals surface area (Å²) < 4.78 is 0. The summed E-state index contributed by atoms with van der Waals surface area (Å²) in [7, 11) is 0. The van der Waals surface area contributed by atoms with Crippen molar-refractivity contribution >= 4 is 18.3 Å². The number of nitrogens with two attached hydrogens (primary N) is 1. The van der Waals surface area contributed by atoms with Gasteiger partial charge in [0.1, 0.15) is 0 Å². The fraction of sp³-hybridized carbons (Fsp3) is 0.400. The third-order valence-corrected chi connectivity index (χ3v) is 2.39.